The van der Waals surface area contributed by atoms with E-state index in [1.165, 1.54) is 22.3 Å². The Hall–Kier alpha value is -1.58. The second kappa shape index (κ2) is 6.90. The van der Waals surface area contributed by atoms with Crippen molar-refractivity contribution >= 4 is 43.2 Å². The third-order valence-corrected chi connectivity index (χ3v) is 5.29. The molecule has 3 aromatic rings. The van der Waals surface area contributed by atoms with Crippen LogP contribution in [-0.2, 0) is 0 Å². The molecule has 0 bridgehead atoms. The maximum Gasteiger partial charge on any atom is 0.0535 e. The zero-order valence-electron chi connectivity index (χ0n) is 13.0. The fourth-order valence-corrected chi connectivity index (χ4v) is 3.96. The molecule has 0 spiro atoms. The molecule has 3 rings (SSSR count). The third kappa shape index (κ3) is 3.51. The molecule has 1 N–H and O–H groups in total. The van der Waals surface area contributed by atoms with Gasteiger partial charge in [-0.05, 0) is 80.6 Å². The van der Waals surface area contributed by atoms with Gasteiger partial charge in [-0.2, -0.15) is 0 Å². The first kappa shape index (κ1) is 16.3. The van der Waals surface area contributed by atoms with Crippen molar-refractivity contribution in [2.24, 2.45) is 0 Å². The SMILES string of the molecule is Cc1ccc(Nc2ccc(C)c(-c3ccccc3)c2Br)c(Br)c1. The summed E-state index contributed by atoms with van der Waals surface area (Å²) in [6.45, 7) is 4.22. The fraction of sp³-hybridized carbons (Fsp3) is 0.100. The molecular formula is C20H17Br2N. The smallest absolute Gasteiger partial charge is 0.0535 e. The van der Waals surface area contributed by atoms with Crippen LogP contribution in [0.2, 0.25) is 0 Å². The van der Waals surface area contributed by atoms with E-state index in [-0.39, 0.29) is 0 Å². The number of hydrogen-bond acceptors (Lipinski definition) is 1. The van der Waals surface area contributed by atoms with Crippen LogP contribution in [0.25, 0.3) is 11.1 Å². The van der Waals surface area contributed by atoms with Crippen molar-refractivity contribution in [1.82, 2.24) is 0 Å². The van der Waals surface area contributed by atoms with Gasteiger partial charge in [0.05, 0.1) is 11.4 Å². The van der Waals surface area contributed by atoms with Crippen LogP contribution >= 0.6 is 31.9 Å². The van der Waals surface area contributed by atoms with Crippen molar-refractivity contribution in [3.8, 4) is 11.1 Å². The number of anilines is 2. The normalized spacial score (nSPS) is 10.6. The van der Waals surface area contributed by atoms with E-state index in [1.807, 2.05) is 6.07 Å². The summed E-state index contributed by atoms with van der Waals surface area (Å²) in [4.78, 5) is 0. The van der Waals surface area contributed by atoms with Crippen molar-refractivity contribution in [2.75, 3.05) is 5.32 Å². The summed E-state index contributed by atoms with van der Waals surface area (Å²) in [6, 6.07) is 21.0. The molecule has 116 valence electrons. The molecule has 0 fully saturated rings. The highest BCUT2D eigenvalue weighted by molar-refractivity contribution is 9.11. The lowest BCUT2D eigenvalue weighted by molar-refractivity contribution is 1.40. The third-order valence-electron chi connectivity index (χ3n) is 3.81. The molecule has 0 aliphatic heterocycles. The van der Waals surface area contributed by atoms with E-state index in [9.17, 15) is 0 Å². The van der Waals surface area contributed by atoms with Gasteiger partial charge in [-0.15, -0.1) is 0 Å². The van der Waals surface area contributed by atoms with Crippen LogP contribution in [0, 0.1) is 13.8 Å². The van der Waals surface area contributed by atoms with E-state index in [0.717, 1.165) is 20.3 Å². The van der Waals surface area contributed by atoms with Crippen molar-refractivity contribution in [3.63, 3.8) is 0 Å². The second-order valence-corrected chi connectivity index (χ2v) is 7.24. The Morgan fingerprint density at radius 3 is 2.17 bits per heavy atom. The van der Waals surface area contributed by atoms with E-state index in [1.54, 1.807) is 0 Å². The van der Waals surface area contributed by atoms with Crippen LogP contribution in [-0.4, -0.2) is 0 Å². The largest absolute Gasteiger partial charge is 0.354 e. The average molecular weight is 431 g/mol. The molecule has 0 saturated heterocycles. The lowest BCUT2D eigenvalue weighted by Crippen LogP contribution is -1.96. The molecule has 3 heteroatoms. The Balaban J connectivity index is 2.04. The van der Waals surface area contributed by atoms with Crippen LogP contribution in [0.1, 0.15) is 11.1 Å². The number of benzene rings is 3. The van der Waals surface area contributed by atoms with Gasteiger partial charge in [0.1, 0.15) is 0 Å². The molecule has 3 aromatic carbocycles. The van der Waals surface area contributed by atoms with Crippen molar-refractivity contribution in [2.45, 2.75) is 13.8 Å². The number of nitrogens with one attached hydrogen (secondary N) is 1. The molecule has 0 heterocycles. The molecule has 1 nitrogen and oxygen atoms in total. The van der Waals surface area contributed by atoms with E-state index in [2.05, 4.69) is 106 Å². The monoisotopic (exact) mass is 429 g/mol. The number of aryl methyl sites for hydroxylation is 2. The molecule has 0 saturated carbocycles. The van der Waals surface area contributed by atoms with Crippen LogP contribution in [0.15, 0.2) is 69.6 Å². The average Bonchev–Trinajstić information content (AvgIpc) is 2.53. The van der Waals surface area contributed by atoms with E-state index in [4.69, 9.17) is 0 Å². The Labute approximate surface area is 154 Å². The summed E-state index contributed by atoms with van der Waals surface area (Å²) < 4.78 is 2.14. The summed E-state index contributed by atoms with van der Waals surface area (Å²) in [5.41, 5.74) is 7.02. The van der Waals surface area contributed by atoms with Crippen LogP contribution in [0.5, 0.6) is 0 Å². The zero-order valence-corrected chi connectivity index (χ0v) is 16.2. The van der Waals surface area contributed by atoms with Gasteiger partial charge in [0.25, 0.3) is 0 Å². The summed E-state index contributed by atoms with van der Waals surface area (Å²) >= 11 is 7.42. The van der Waals surface area contributed by atoms with Crippen LogP contribution in [0.3, 0.4) is 0 Å². The van der Waals surface area contributed by atoms with Gasteiger partial charge < -0.3 is 5.32 Å². The van der Waals surface area contributed by atoms with Crippen LogP contribution in [0.4, 0.5) is 11.4 Å². The highest BCUT2D eigenvalue weighted by atomic mass is 79.9. The molecule has 0 amide bonds. The fourth-order valence-electron chi connectivity index (χ4n) is 2.59. The second-order valence-electron chi connectivity index (χ2n) is 5.59. The quantitative estimate of drug-likeness (QED) is 0.461. The van der Waals surface area contributed by atoms with Crippen molar-refractivity contribution in [1.29, 1.82) is 0 Å². The lowest BCUT2D eigenvalue weighted by atomic mass is 10.00. The van der Waals surface area contributed by atoms with Gasteiger partial charge in [-0.25, -0.2) is 0 Å². The summed E-state index contributed by atoms with van der Waals surface area (Å²) in [5, 5.41) is 3.51. The minimum atomic E-state index is 1.05. The first-order chi connectivity index (χ1) is 11.1. The summed E-state index contributed by atoms with van der Waals surface area (Å²) in [5.74, 6) is 0. The van der Waals surface area contributed by atoms with Crippen LogP contribution < -0.4 is 5.32 Å². The molecule has 0 atom stereocenters. The Morgan fingerprint density at radius 2 is 1.48 bits per heavy atom. The first-order valence-corrected chi connectivity index (χ1v) is 9.02. The summed E-state index contributed by atoms with van der Waals surface area (Å²) in [7, 11) is 0. The highest BCUT2D eigenvalue weighted by Gasteiger charge is 2.12. The van der Waals surface area contributed by atoms with Gasteiger partial charge in [-0.1, -0.05) is 42.5 Å². The standard InChI is InChI=1S/C20H17Br2N/c1-13-8-10-17(16(21)12-13)23-18-11-9-14(2)19(20(18)22)15-6-4-3-5-7-15/h3-12,23H,1-2H3. The molecular weight excluding hydrogens is 414 g/mol. The molecule has 0 aliphatic carbocycles. The maximum atomic E-state index is 3.79. The van der Waals surface area contributed by atoms with E-state index < -0.39 is 0 Å². The Kier molecular flexibility index (Phi) is 4.88. The minimum absolute atomic E-state index is 1.05. The molecule has 0 aliphatic rings. The predicted molar refractivity (Wildman–Crippen MR) is 106 cm³/mol. The topological polar surface area (TPSA) is 12.0 Å². The van der Waals surface area contributed by atoms with Gasteiger partial charge in [0.15, 0.2) is 0 Å². The molecule has 0 aromatic heterocycles. The number of hydrogen-bond donors (Lipinski definition) is 1. The van der Waals surface area contributed by atoms with Crippen molar-refractivity contribution < 1.29 is 0 Å². The minimum Gasteiger partial charge on any atom is -0.354 e. The van der Waals surface area contributed by atoms with Gasteiger partial charge in [0, 0.05) is 14.5 Å². The summed E-state index contributed by atoms with van der Waals surface area (Å²) in [6.07, 6.45) is 0. The highest BCUT2D eigenvalue weighted by Crippen LogP contribution is 2.39. The number of rotatable bonds is 3. The Morgan fingerprint density at radius 1 is 0.783 bits per heavy atom. The number of halogens is 2. The maximum absolute atomic E-state index is 3.79. The lowest BCUT2D eigenvalue weighted by Gasteiger charge is -2.16. The van der Waals surface area contributed by atoms with Crippen molar-refractivity contribution in [3.05, 3.63) is 80.7 Å². The van der Waals surface area contributed by atoms with E-state index in [0.29, 0.717) is 0 Å². The van der Waals surface area contributed by atoms with E-state index >= 15 is 0 Å². The molecule has 0 unspecified atom stereocenters. The Bertz CT molecular complexity index is 842. The molecule has 23 heavy (non-hydrogen) atoms. The van der Waals surface area contributed by atoms with Gasteiger partial charge >= 0.3 is 0 Å². The van der Waals surface area contributed by atoms with Gasteiger partial charge in [-0.3, -0.25) is 0 Å². The molecule has 0 radical (unpaired) electrons. The van der Waals surface area contributed by atoms with Gasteiger partial charge in [0.2, 0.25) is 0 Å². The zero-order chi connectivity index (χ0) is 16.4. The predicted octanol–water partition coefficient (Wildman–Crippen LogP) is 7.24. The first-order valence-electron chi connectivity index (χ1n) is 7.44.